The minimum atomic E-state index is -3.52. The van der Waals surface area contributed by atoms with Gasteiger partial charge in [0.15, 0.2) is 0 Å². The van der Waals surface area contributed by atoms with Gasteiger partial charge in [-0.05, 0) is 18.2 Å². The van der Waals surface area contributed by atoms with Gasteiger partial charge in [0.05, 0.1) is 16.5 Å². The summed E-state index contributed by atoms with van der Waals surface area (Å²) in [5.41, 5.74) is 0.327. The lowest BCUT2D eigenvalue weighted by Crippen LogP contribution is -2.26. The van der Waals surface area contributed by atoms with Gasteiger partial charge < -0.3 is 0 Å². The van der Waals surface area contributed by atoms with Crippen molar-refractivity contribution in [3.63, 3.8) is 0 Å². The van der Waals surface area contributed by atoms with Crippen molar-refractivity contribution in [3.05, 3.63) is 42.5 Å². The van der Waals surface area contributed by atoms with Gasteiger partial charge in [0, 0.05) is 13.6 Å². The molecule has 0 aliphatic carbocycles. The third-order valence-corrected chi connectivity index (χ3v) is 3.88. The van der Waals surface area contributed by atoms with Crippen molar-refractivity contribution < 1.29 is 8.42 Å². The third-order valence-electron chi connectivity index (χ3n) is 2.06. The van der Waals surface area contributed by atoms with Crippen molar-refractivity contribution >= 4 is 10.0 Å². The Kier molecular flexibility index (Phi) is 3.82. The molecule has 0 amide bonds. The molecule has 84 valence electrons. The lowest BCUT2D eigenvalue weighted by molar-refractivity contribution is 0.499. The molecule has 0 saturated heterocycles. The summed E-state index contributed by atoms with van der Waals surface area (Å²) in [6.45, 7) is 3.72. The van der Waals surface area contributed by atoms with E-state index in [-0.39, 0.29) is 11.4 Å². The van der Waals surface area contributed by atoms with Gasteiger partial charge in [-0.3, -0.25) is 0 Å². The molecule has 0 unspecified atom stereocenters. The van der Waals surface area contributed by atoms with E-state index in [9.17, 15) is 8.42 Å². The molecular weight excluding hydrogens is 224 g/mol. The molecule has 0 saturated carbocycles. The highest BCUT2D eigenvalue weighted by Gasteiger charge is 2.19. The average Bonchev–Trinajstić information content (AvgIpc) is 2.29. The summed E-state index contributed by atoms with van der Waals surface area (Å²) >= 11 is 0. The monoisotopic (exact) mass is 236 g/mol. The largest absolute Gasteiger partial charge is 0.243 e. The van der Waals surface area contributed by atoms with Gasteiger partial charge in [-0.25, -0.2) is 8.42 Å². The predicted octanol–water partition coefficient (Wildman–Crippen LogP) is 1.36. The zero-order valence-electron chi connectivity index (χ0n) is 8.92. The number of nitriles is 1. The second-order valence-electron chi connectivity index (χ2n) is 3.21. The Bertz CT molecular complexity index is 529. The van der Waals surface area contributed by atoms with Crippen LogP contribution in [0, 0.1) is 11.3 Å². The number of rotatable bonds is 4. The Morgan fingerprint density at radius 3 is 2.81 bits per heavy atom. The van der Waals surface area contributed by atoms with Crippen LogP contribution < -0.4 is 0 Å². The fourth-order valence-electron chi connectivity index (χ4n) is 1.19. The fraction of sp³-hybridized carbons (Fsp3) is 0.182. The van der Waals surface area contributed by atoms with E-state index in [2.05, 4.69) is 6.58 Å². The predicted molar refractivity (Wildman–Crippen MR) is 61.2 cm³/mol. The minimum Gasteiger partial charge on any atom is -0.207 e. The second kappa shape index (κ2) is 4.92. The normalized spacial score (nSPS) is 11.1. The number of likely N-dealkylation sites (N-methyl/N-ethyl adjacent to an activating group) is 1. The minimum absolute atomic E-state index is 0.121. The maximum absolute atomic E-state index is 12.0. The van der Waals surface area contributed by atoms with Crippen molar-refractivity contribution in [1.82, 2.24) is 4.31 Å². The summed E-state index contributed by atoms with van der Waals surface area (Å²) in [4.78, 5) is 0.121. The van der Waals surface area contributed by atoms with Crippen molar-refractivity contribution in [3.8, 4) is 6.07 Å². The number of benzene rings is 1. The van der Waals surface area contributed by atoms with Crippen LogP contribution in [0.1, 0.15) is 5.56 Å². The topological polar surface area (TPSA) is 61.2 Å². The summed E-state index contributed by atoms with van der Waals surface area (Å²) < 4.78 is 25.1. The molecule has 5 heteroatoms. The first kappa shape index (κ1) is 12.4. The van der Waals surface area contributed by atoms with Crippen molar-refractivity contribution in [2.24, 2.45) is 0 Å². The number of sulfonamides is 1. The molecule has 0 atom stereocenters. The lowest BCUT2D eigenvalue weighted by atomic mass is 10.2. The van der Waals surface area contributed by atoms with E-state index in [1.807, 2.05) is 6.07 Å². The fourth-order valence-corrected chi connectivity index (χ4v) is 2.37. The Hall–Kier alpha value is -1.64. The smallest absolute Gasteiger partial charge is 0.207 e. The van der Waals surface area contributed by atoms with Gasteiger partial charge in [-0.2, -0.15) is 9.57 Å². The van der Waals surface area contributed by atoms with E-state index >= 15 is 0 Å². The number of hydrogen-bond donors (Lipinski definition) is 0. The summed E-state index contributed by atoms with van der Waals surface area (Å²) in [5, 5.41) is 8.70. The van der Waals surface area contributed by atoms with Crippen LogP contribution in [0.4, 0.5) is 0 Å². The van der Waals surface area contributed by atoms with Crippen LogP contribution in [0.15, 0.2) is 41.8 Å². The summed E-state index contributed by atoms with van der Waals surface area (Å²) in [7, 11) is -2.05. The molecule has 0 aliphatic rings. The lowest BCUT2D eigenvalue weighted by Gasteiger charge is -2.14. The molecule has 0 aromatic heterocycles. The standard InChI is InChI=1S/C11H12N2O2S/c1-3-7-13(2)16(14,15)11-6-4-5-10(8-11)9-12/h3-6,8H,1,7H2,2H3. The SMILES string of the molecule is C=CCN(C)S(=O)(=O)c1cccc(C#N)c1. The molecule has 0 spiro atoms. The molecule has 1 aromatic rings. The van der Waals surface area contributed by atoms with E-state index in [0.29, 0.717) is 5.56 Å². The van der Waals surface area contributed by atoms with Gasteiger partial charge in [-0.15, -0.1) is 6.58 Å². The molecule has 0 heterocycles. The van der Waals surface area contributed by atoms with Crippen molar-refractivity contribution in [1.29, 1.82) is 5.26 Å². The quantitative estimate of drug-likeness (QED) is 0.742. The highest BCUT2D eigenvalue weighted by Crippen LogP contribution is 2.15. The van der Waals surface area contributed by atoms with Gasteiger partial charge >= 0.3 is 0 Å². The second-order valence-corrected chi connectivity index (χ2v) is 5.26. The Balaban J connectivity index is 3.17. The van der Waals surface area contributed by atoms with E-state index in [0.717, 1.165) is 0 Å². The van der Waals surface area contributed by atoms with Crippen LogP contribution in [0.3, 0.4) is 0 Å². The first-order chi connectivity index (χ1) is 7.52. The summed E-state index contributed by atoms with van der Waals surface area (Å²) in [6.07, 6.45) is 1.51. The van der Waals surface area contributed by atoms with Gasteiger partial charge in [0.2, 0.25) is 10.0 Å². The highest BCUT2D eigenvalue weighted by molar-refractivity contribution is 7.89. The number of hydrogen-bond acceptors (Lipinski definition) is 3. The third kappa shape index (κ3) is 2.48. The maximum atomic E-state index is 12.0. The van der Waals surface area contributed by atoms with Crippen LogP contribution in [-0.2, 0) is 10.0 Å². The Labute approximate surface area is 95.5 Å². The molecule has 0 aliphatic heterocycles. The van der Waals surface area contributed by atoms with E-state index in [1.54, 1.807) is 12.1 Å². The zero-order valence-corrected chi connectivity index (χ0v) is 9.74. The van der Waals surface area contributed by atoms with Crippen molar-refractivity contribution in [2.45, 2.75) is 4.90 Å². The molecule has 16 heavy (non-hydrogen) atoms. The van der Waals surface area contributed by atoms with Gasteiger partial charge in [0.25, 0.3) is 0 Å². The Morgan fingerprint density at radius 2 is 2.25 bits per heavy atom. The van der Waals surface area contributed by atoms with Crippen LogP contribution in [0.25, 0.3) is 0 Å². The first-order valence-corrected chi connectivity index (χ1v) is 6.04. The van der Waals surface area contributed by atoms with Crippen LogP contribution >= 0.6 is 0 Å². The molecule has 4 nitrogen and oxygen atoms in total. The van der Waals surface area contributed by atoms with Crippen LogP contribution in [-0.4, -0.2) is 26.3 Å². The Morgan fingerprint density at radius 1 is 1.56 bits per heavy atom. The molecule has 0 N–H and O–H groups in total. The van der Waals surface area contributed by atoms with Gasteiger partial charge in [0.1, 0.15) is 0 Å². The van der Waals surface area contributed by atoms with E-state index in [4.69, 9.17) is 5.26 Å². The van der Waals surface area contributed by atoms with Crippen molar-refractivity contribution in [2.75, 3.05) is 13.6 Å². The zero-order chi connectivity index (χ0) is 12.2. The first-order valence-electron chi connectivity index (χ1n) is 4.59. The maximum Gasteiger partial charge on any atom is 0.243 e. The number of nitrogens with zero attached hydrogens (tertiary/aromatic N) is 2. The average molecular weight is 236 g/mol. The van der Waals surface area contributed by atoms with Crippen LogP contribution in [0.5, 0.6) is 0 Å². The molecule has 0 radical (unpaired) electrons. The van der Waals surface area contributed by atoms with Gasteiger partial charge in [-0.1, -0.05) is 12.1 Å². The molecular formula is C11H12N2O2S. The summed E-state index contributed by atoms with van der Waals surface area (Å²) in [6, 6.07) is 7.84. The van der Waals surface area contributed by atoms with E-state index in [1.165, 1.54) is 29.6 Å². The highest BCUT2D eigenvalue weighted by atomic mass is 32.2. The summed E-state index contributed by atoms with van der Waals surface area (Å²) in [5.74, 6) is 0. The molecule has 1 rings (SSSR count). The van der Waals surface area contributed by atoms with Crippen LogP contribution in [0.2, 0.25) is 0 Å². The molecule has 0 fully saturated rings. The van der Waals surface area contributed by atoms with E-state index < -0.39 is 10.0 Å². The molecule has 1 aromatic carbocycles. The molecule has 0 bridgehead atoms.